The summed E-state index contributed by atoms with van der Waals surface area (Å²) in [4.78, 5) is 0. The smallest absolute Gasteiger partial charge is 0.152 e. The molecule has 4 heteroatoms. The van der Waals surface area contributed by atoms with Crippen LogP contribution in [0.2, 0.25) is 0 Å². The summed E-state index contributed by atoms with van der Waals surface area (Å²) in [5, 5.41) is 2.88. The Morgan fingerprint density at radius 1 is 1.00 bits per heavy atom. The maximum Gasteiger partial charge on any atom is 0.152 e. The van der Waals surface area contributed by atoms with E-state index in [1.165, 1.54) is 0 Å². The van der Waals surface area contributed by atoms with Gasteiger partial charge in [-0.3, -0.25) is 0 Å². The van der Waals surface area contributed by atoms with Crippen molar-refractivity contribution >= 4 is 5.69 Å². The first-order valence-electron chi connectivity index (χ1n) is 7.08. The fraction of sp³-hybridized carbons (Fsp3) is 0.294. The normalized spacial score (nSPS) is 12.2. The molecule has 0 fully saturated rings. The van der Waals surface area contributed by atoms with Crippen molar-refractivity contribution in [3.63, 3.8) is 0 Å². The Morgan fingerprint density at radius 2 is 1.62 bits per heavy atom. The van der Waals surface area contributed by atoms with Gasteiger partial charge in [-0.25, -0.2) is 13.2 Å². The summed E-state index contributed by atoms with van der Waals surface area (Å²) in [7, 11) is 0. The lowest BCUT2D eigenvalue weighted by Gasteiger charge is -2.21. The molecule has 0 aliphatic rings. The molecule has 112 valence electrons. The molecule has 1 nitrogen and oxygen atoms in total. The van der Waals surface area contributed by atoms with E-state index in [4.69, 9.17) is 0 Å². The molecule has 2 aromatic carbocycles. The molecule has 0 saturated heterocycles. The van der Waals surface area contributed by atoms with Crippen molar-refractivity contribution in [2.45, 2.75) is 32.2 Å². The summed E-state index contributed by atoms with van der Waals surface area (Å²) in [6.45, 7) is 2.06. The summed E-state index contributed by atoms with van der Waals surface area (Å²) in [5.74, 6) is -2.74. The Kier molecular flexibility index (Phi) is 5.26. The van der Waals surface area contributed by atoms with Crippen molar-refractivity contribution in [3.8, 4) is 0 Å². The van der Waals surface area contributed by atoms with Crippen LogP contribution >= 0.6 is 0 Å². The minimum atomic E-state index is -0.916. The number of benzene rings is 2. The second kappa shape index (κ2) is 7.16. The third kappa shape index (κ3) is 4.00. The molecule has 0 aliphatic carbocycles. The van der Waals surface area contributed by atoms with Crippen LogP contribution < -0.4 is 5.32 Å². The predicted molar refractivity (Wildman–Crippen MR) is 78.6 cm³/mol. The molecule has 21 heavy (non-hydrogen) atoms. The molecule has 0 bridgehead atoms. The number of anilines is 1. The lowest BCUT2D eigenvalue weighted by Crippen LogP contribution is -2.13. The Labute approximate surface area is 122 Å². The van der Waals surface area contributed by atoms with E-state index in [0.29, 0.717) is 12.1 Å². The number of hydrogen-bond acceptors (Lipinski definition) is 1. The van der Waals surface area contributed by atoms with Crippen molar-refractivity contribution in [1.82, 2.24) is 0 Å². The summed E-state index contributed by atoms with van der Waals surface area (Å²) < 4.78 is 40.5. The van der Waals surface area contributed by atoms with E-state index < -0.39 is 17.5 Å². The molecular formula is C17H18F3N. The van der Waals surface area contributed by atoms with Gasteiger partial charge in [0.2, 0.25) is 0 Å². The summed E-state index contributed by atoms with van der Waals surface area (Å²) in [6.07, 6.45) is 2.66. The minimum Gasteiger partial charge on any atom is -0.373 e. The average molecular weight is 293 g/mol. The quantitative estimate of drug-likeness (QED) is 0.747. The average Bonchev–Trinajstić information content (AvgIpc) is 2.46. The van der Waals surface area contributed by atoms with Gasteiger partial charge in [0, 0.05) is 12.1 Å². The van der Waals surface area contributed by atoms with Crippen LogP contribution in [0.25, 0.3) is 0 Å². The minimum absolute atomic E-state index is 0.208. The van der Waals surface area contributed by atoms with Gasteiger partial charge in [-0.05, 0) is 12.0 Å². The lowest BCUT2D eigenvalue weighted by molar-refractivity contribution is 0.540. The molecule has 0 aliphatic heterocycles. The molecule has 0 radical (unpaired) electrons. The van der Waals surface area contributed by atoms with Gasteiger partial charge in [0.25, 0.3) is 0 Å². The first kappa shape index (κ1) is 15.4. The number of hydrogen-bond donors (Lipinski definition) is 1. The summed E-state index contributed by atoms with van der Waals surface area (Å²) in [5.41, 5.74) is 0.676. The van der Waals surface area contributed by atoms with Crippen LogP contribution in [-0.2, 0) is 0 Å². The Balaban J connectivity index is 2.27. The van der Waals surface area contributed by atoms with E-state index >= 15 is 0 Å². The van der Waals surface area contributed by atoms with E-state index in [2.05, 4.69) is 12.2 Å². The molecule has 0 aromatic heterocycles. The zero-order chi connectivity index (χ0) is 15.2. The fourth-order valence-corrected chi connectivity index (χ4v) is 2.27. The standard InChI is InChI=1S/C17H18F3N/c1-2-3-9-16(12-7-5-4-6-8-12)21-17-14(19)10-13(18)11-15(17)20/h4-8,10-11,16,21H,2-3,9H2,1H3. The molecule has 1 atom stereocenters. The van der Waals surface area contributed by atoms with Gasteiger partial charge in [-0.2, -0.15) is 0 Å². The van der Waals surface area contributed by atoms with Gasteiger partial charge in [0.15, 0.2) is 11.6 Å². The first-order chi connectivity index (χ1) is 10.1. The molecule has 0 spiro atoms. The van der Waals surface area contributed by atoms with Gasteiger partial charge in [0.05, 0.1) is 6.04 Å². The molecule has 0 amide bonds. The zero-order valence-electron chi connectivity index (χ0n) is 11.9. The van der Waals surface area contributed by atoms with Crippen molar-refractivity contribution in [2.75, 3.05) is 5.32 Å². The second-order valence-electron chi connectivity index (χ2n) is 4.99. The van der Waals surface area contributed by atoms with Gasteiger partial charge in [-0.1, -0.05) is 50.1 Å². The molecule has 1 unspecified atom stereocenters. The van der Waals surface area contributed by atoms with Gasteiger partial charge >= 0.3 is 0 Å². The molecular weight excluding hydrogens is 275 g/mol. The Bertz CT molecular complexity index is 561. The van der Waals surface area contributed by atoms with Crippen LogP contribution in [0, 0.1) is 17.5 Å². The van der Waals surface area contributed by atoms with E-state index in [9.17, 15) is 13.2 Å². The van der Waals surface area contributed by atoms with Gasteiger partial charge < -0.3 is 5.32 Å². The molecule has 0 heterocycles. The maximum atomic E-state index is 13.8. The Morgan fingerprint density at radius 3 is 2.19 bits per heavy atom. The number of unbranched alkanes of at least 4 members (excludes halogenated alkanes) is 1. The van der Waals surface area contributed by atoms with Crippen LogP contribution in [0.1, 0.15) is 37.8 Å². The summed E-state index contributed by atoms with van der Waals surface area (Å²) in [6, 6.07) is 10.6. The van der Waals surface area contributed by atoms with E-state index in [1.54, 1.807) is 0 Å². The highest BCUT2D eigenvalue weighted by Gasteiger charge is 2.17. The molecule has 1 N–H and O–H groups in total. The predicted octanol–water partition coefficient (Wildman–Crippen LogP) is 5.45. The third-order valence-corrected chi connectivity index (χ3v) is 3.37. The number of nitrogens with one attached hydrogen (secondary N) is 1. The maximum absolute atomic E-state index is 13.8. The van der Waals surface area contributed by atoms with Crippen molar-refractivity contribution < 1.29 is 13.2 Å². The van der Waals surface area contributed by atoms with Crippen molar-refractivity contribution in [3.05, 3.63) is 65.5 Å². The highest BCUT2D eigenvalue weighted by molar-refractivity contribution is 5.48. The van der Waals surface area contributed by atoms with Crippen LogP contribution in [0.3, 0.4) is 0 Å². The van der Waals surface area contributed by atoms with Crippen LogP contribution in [0.5, 0.6) is 0 Å². The van der Waals surface area contributed by atoms with Crippen LogP contribution in [0.4, 0.5) is 18.9 Å². The molecule has 2 aromatic rings. The van der Waals surface area contributed by atoms with Crippen LogP contribution in [-0.4, -0.2) is 0 Å². The molecule has 0 saturated carbocycles. The summed E-state index contributed by atoms with van der Waals surface area (Å²) >= 11 is 0. The topological polar surface area (TPSA) is 12.0 Å². The SMILES string of the molecule is CCCCC(Nc1c(F)cc(F)cc1F)c1ccccc1. The highest BCUT2D eigenvalue weighted by atomic mass is 19.1. The van der Waals surface area contributed by atoms with E-state index in [1.807, 2.05) is 30.3 Å². The van der Waals surface area contributed by atoms with Crippen LogP contribution in [0.15, 0.2) is 42.5 Å². The largest absolute Gasteiger partial charge is 0.373 e. The highest BCUT2D eigenvalue weighted by Crippen LogP contribution is 2.28. The fourth-order valence-electron chi connectivity index (χ4n) is 2.27. The van der Waals surface area contributed by atoms with Gasteiger partial charge in [-0.15, -0.1) is 0 Å². The zero-order valence-corrected chi connectivity index (χ0v) is 11.9. The van der Waals surface area contributed by atoms with Crippen molar-refractivity contribution in [2.24, 2.45) is 0 Å². The Hall–Kier alpha value is -1.97. The van der Waals surface area contributed by atoms with Gasteiger partial charge in [0.1, 0.15) is 11.5 Å². The third-order valence-electron chi connectivity index (χ3n) is 3.37. The number of halogens is 3. The monoisotopic (exact) mass is 293 g/mol. The van der Waals surface area contributed by atoms with Crippen molar-refractivity contribution in [1.29, 1.82) is 0 Å². The number of rotatable bonds is 6. The van der Waals surface area contributed by atoms with E-state index in [-0.39, 0.29) is 11.7 Å². The second-order valence-corrected chi connectivity index (χ2v) is 4.99. The lowest BCUT2D eigenvalue weighted by atomic mass is 10.0. The first-order valence-corrected chi connectivity index (χ1v) is 7.08. The molecule has 2 rings (SSSR count). The van der Waals surface area contributed by atoms with E-state index in [0.717, 1.165) is 24.8 Å².